The Balaban J connectivity index is 2.35. The van der Waals surface area contributed by atoms with Crippen LogP contribution in [0.25, 0.3) is 0 Å². The highest BCUT2D eigenvalue weighted by molar-refractivity contribution is 7.15. The summed E-state index contributed by atoms with van der Waals surface area (Å²) in [6, 6.07) is 3.37. The predicted octanol–water partition coefficient (Wildman–Crippen LogP) is 2.79. The molecular formula is C10H16N2O2S. The van der Waals surface area contributed by atoms with Gasteiger partial charge in [0.15, 0.2) is 0 Å². The normalized spacial score (nSPS) is 12.7. The first kappa shape index (κ1) is 12.1. The van der Waals surface area contributed by atoms with E-state index in [2.05, 4.69) is 19.2 Å². The van der Waals surface area contributed by atoms with Crippen molar-refractivity contribution in [1.82, 2.24) is 5.32 Å². The minimum absolute atomic E-state index is 0.218. The zero-order valence-electron chi connectivity index (χ0n) is 9.03. The fourth-order valence-electron chi connectivity index (χ4n) is 1.15. The first-order chi connectivity index (χ1) is 7.13. The van der Waals surface area contributed by atoms with E-state index in [1.807, 2.05) is 6.07 Å². The molecule has 0 saturated carbocycles. The zero-order valence-corrected chi connectivity index (χ0v) is 9.84. The van der Waals surface area contributed by atoms with Crippen LogP contribution < -0.4 is 5.32 Å². The van der Waals surface area contributed by atoms with E-state index in [0.717, 1.165) is 24.4 Å². The van der Waals surface area contributed by atoms with E-state index < -0.39 is 0 Å². The topological polar surface area (TPSA) is 55.2 Å². The second-order valence-electron chi connectivity index (χ2n) is 3.64. The van der Waals surface area contributed by atoms with Crippen molar-refractivity contribution in [3.05, 3.63) is 27.1 Å². The van der Waals surface area contributed by atoms with Crippen LogP contribution in [0.4, 0.5) is 5.00 Å². The average Bonchev–Trinajstić information content (AvgIpc) is 2.66. The summed E-state index contributed by atoms with van der Waals surface area (Å²) >= 11 is 1.24. The van der Waals surface area contributed by atoms with Crippen molar-refractivity contribution in [1.29, 1.82) is 0 Å². The predicted molar refractivity (Wildman–Crippen MR) is 62.1 cm³/mol. The fraction of sp³-hybridized carbons (Fsp3) is 0.600. The first-order valence-electron chi connectivity index (χ1n) is 5.07. The van der Waals surface area contributed by atoms with E-state index >= 15 is 0 Å². The van der Waals surface area contributed by atoms with Crippen LogP contribution in [0.1, 0.15) is 25.1 Å². The molecule has 4 nitrogen and oxygen atoms in total. The molecular weight excluding hydrogens is 212 g/mol. The van der Waals surface area contributed by atoms with Gasteiger partial charge in [0.05, 0.1) is 4.92 Å². The van der Waals surface area contributed by atoms with E-state index in [0.29, 0.717) is 5.92 Å². The van der Waals surface area contributed by atoms with Crippen LogP contribution in [-0.2, 0) is 6.54 Å². The van der Waals surface area contributed by atoms with E-state index in [4.69, 9.17) is 0 Å². The maximum atomic E-state index is 10.4. The minimum atomic E-state index is -0.344. The van der Waals surface area contributed by atoms with Gasteiger partial charge in [-0.25, -0.2) is 0 Å². The van der Waals surface area contributed by atoms with Gasteiger partial charge in [-0.2, -0.15) is 0 Å². The summed E-state index contributed by atoms with van der Waals surface area (Å²) in [7, 11) is 0. The van der Waals surface area contributed by atoms with Gasteiger partial charge in [-0.05, 0) is 18.5 Å². The molecule has 0 aliphatic carbocycles. The third-order valence-electron chi connectivity index (χ3n) is 2.32. The van der Waals surface area contributed by atoms with Crippen molar-refractivity contribution < 1.29 is 4.92 Å². The molecule has 0 aliphatic rings. The molecule has 1 aromatic heterocycles. The van der Waals surface area contributed by atoms with Crippen molar-refractivity contribution in [3.8, 4) is 0 Å². The lowest BCUT2D eigenvalue weighted by molar-refractivity contribution is -0.380. The molecule has 1 atom stereocenters. The molecule has 1 heterocycles. The minimum Gasteiger partial charge on any atom is -0.312 e. The van der Waals surface area contributed by atoms with Gasteiger partial charge in [-0.15, -0.1) is 0 Å². The zero-order chi connectivity index (χ0) is 11.3. The molecule has 0 spiro atoms. The molecule has 0 amide bonds. The lowest BCUT2D eigenvalue weighted by Gasteiger charge is -2.08. The Labute approximate surface area is 93.5 Å². The smallest absolute Gasteiger partial charge is 0.312 e. The molecule has 1 aromatic rings. The molecule has 0 saturated heterocycles. The van der Waals surface area contributed by atoms with Crippen molar-refractivity contribution in [3.63, 3.8) is 0 Å². The van der Waals surface area contributed by atoms with E-state index in [1.54, 1.807) is 6.07 Å². The Bertz CT molecular complexity index is 325. The van der Waals surface area contributed by atoms with E-state index in [1.165, 1.54) is 11.3 Å². The fourth-order valence-corrected chi connectivity index (χ4v) is 1.94. The van der Waals surface area contributed by atoms with Crippen LogP contribution in [0.15, 0.2) is 12.1 Å². The second kappa shape index (κ2) is 5.82. The largest absolute Gasteiger partial charge is 0.324 e. The summed E-state index contributed by atoms with van der Waals surface area (Å²) in [5, 5.41) is 13.9. The number of hydrogen-bond acceptors (Lipinski definition) is 4. The highest BCUT2D eigenvalue weighted by Gasteiger charge is 2.09. The third-order valence-corrected chi connectivity index (χ3v) is 3.35. The van der Waals surface area contributed by atoms with Gasteiger partial charge >= 0.3 is 5.00 Å². The van der Waals surface area contributed by atoms with Gasteiger partial charge < -0.3 is 5.32 Å². The van der Waals surface area contributed by atoms with Crippen LogP contribution in [0.5, 0.6) is 0 Å². The molecule has 15 heavy (non-hydrogen) atoms. The molecule has 1 rings (SSSR count). The van der Waals surface area contributed by atoms with Crippen molar-refractivity contribution in [2.24, 2.45) is 5.92 Å². The third kappa shape index (κ3) is 3.97. The molecule has 1 unspecified atom stereocenters. The van der Waals surface area contributed by atoms with E-state index in [-0.39, 0.29) is 9.92 Å². The summed E-state index contributed by atoms with van der Waals surface area (Å²) < 4.78 is 0. The number of nitro groups is 1. The summed E-state index contributed by atoms with van der Waals surface area (Å²) in [5.74, 6) is 0.653. The quantitative estimate of drug-likeness (QED) is 0.601. The van der Waals surface area contributed by atoms with E-state index in [9.17, 15) is 10.1 Å². The Morgan fingerprint density at radius 3 is 2.87 bits per heavy atom. The molecule has 0 aliphatic heterocycles. The van der Waals surface area contributed by atoms with Crippen molar-refractivity contribution in [2.45, 2.75) is 26.8 Å². The molecule has 84 valence electrons. The SMILES string of the molecule is CCC(C)CNCc1ccc([N+](=O)[O-])s1. The Hall–Kier alpha value is -0.940. The van der Waals surface area contributed by atoms with Crippen LogP contribution >= 0.6 is 11.3 Å². The number of rotatable bonds is 6. The van der Waals surface area contributed by atoms with Crippen LogP contribution in [0.2, 0.25) is 0 Å². The van der Waals surface area contributed by atoms with Gasteiger partial charge in [-0.1, -0.05) is 31.6 Å². The molecule has 5 heteroatoms. The van der Waals surface area contributed by atoms with Crippen molar-refractivity contribution in [2.75, 3.05) is 6.54 Å². The van der Waals surface area contributed by atoms with Gasteiger partial charge in [0.2, 0.25) is 0 Å². The Kier molecular flexibility index (Phi) is 4.71. The van der Waals surface area contributed by atoms with Gasteiger partial charge in [-0.3, -0.25) is 10.1 Å². The van der Waals surface area contributed by atoms with Crippen LogP contribution in [0.3, 0.4) is 0 Å². The Morgan fingerprint density at radius 1 is 1.60 bits per heavy atom. The molecule has 0 bridgehead atoms. The summed E-state index contributed by atoms with van der Waals surface area (Å²) in [6.45, 7) is 6.03. The number of thiophene rings is 1. The second-order valence-corrected chi connectivity index (χ2v) is 4.79. The van der Waals surface area contributed by atoms with Gasteiger partial charge in [0.1, 0.15) is 0 Å². The first-order valence-corrected chi connectivity index (χ1v) is 5.89. The average molecular weight is 228 g/mol. The number of nitrogens with one attached hydrogen (secondary N) is 1. The van der Waals surface area contributed by atoms with Gasteiger partial charge in [0, 0.05) is 17.5 Å². The molecule has 0 fully saturated rings. The number of hydrogen-bond donors (Lipinski definition) is 1. The molecule has 0 radical (unpaired) electrons. The van der Waals surface area contributed by atoms with Gasteiger partial charge in [0.25, 0.3) is 0 Å². The maximum Gasteiger partial charge on any atom is 0.324 e. The summed E-state index contributed by atoms with van der Waals surface area (Å²) in [5.41, 5.74) is 0. The standard InChI is InChI=1S/C10H16N2O2S/c1-3-8(2)6-11-7-9-4-5-10(15-9)12(13)14/h4-5,8,11H,3,6-7H2,1-2H3. The number of nitrogens with zero attached hydrogens (tertiary/aromatic N) is 1. The highest BCUT2D eigenvalue weighted by Crippen LogP contribution is 2.23. The summed E-state index contributed by atoms with van der Waals surface area (Å²) in [4.78, 5) is 11.1. The monoisotopic (exact) mass is 228 g/mol. The van der Waals surface area contributed by atoms with Crippen molar-refractivity contribution >= 4 is 16.3 Å². The Morgan fingerprint density at radius 2 is 2.33 bits per heavy atom. The lowest BCUT2D eigenvalue weighted by atomic mass is 10.1. The highest BCUT2D eigenvalue weighted by atomic mass is 32.1. The van der Waals surface area contributed by atoms with Crippen LogP contribution in [0, 0.1) is 16.0 Å². The molecule has 1 N–H and O–H groups in total. The lowest BCUT2D eigenvalue weighted by Crippen LogP contribution is -2.19. The molecule has 0 aromatic carbocycles. The van der Waals surface area contributed by atoms with Crippen LogP contribution in [-0.4, -0.2) is 11.5 Å². The maximum absolute atomic E-state index is 10.4. The summed E-state index contributed by atoms with van der Waals surface area (Å²) in [6.07, 6.45) is 1.15.